The Labute approximate surface area is 303 Å². The number of carbonyl (C=O) groups excluding carboxylic acids is 2. The Morgan fingerprint density at radius 1 is 1.04 bits per heavy atom. The highest BCUT2D eigenvalue weighted by molar-refractivity contribution is 5.94. The van der Waals surface area contributed by atoms with E-state index < -0.39 is 42.1 Å². The Bertz CT molecular complexity index is 1510. The summed E-state index contributed by atoms with van der Waals surface area (Å²) in [5.74, 6) is -2.22. The highest BCUT2D eigenvalue weighted by atomic mass is 16.6. The predicted molar refractivity (Wildman–Crippen MR) is 190 cm³/mol. The molecule has 2 unspecified atom stereocenters. The van der Waals surface area contributed by atoms with Gasteiger partial charge in [-0.3, -0.25) is 4.90 Å². The minimum Gasteiger partial charge on any atom is -0.507 e. The van der Waals surface area contributed by atoms with Gasteiger partial charge in [-0.05, 0) is 87.3 Å². The van der Waals surface area contributed by atoms with Gasteiger partial charge < -0.3 is 29.7 Å². The molecule has 0 aromatic heterocycles. The molecule has 0 aromatic carbocycles. The van der Waals surface area contributed by atoms with Gasteiger partial charge in [-0.25, -0.2) is 9.59 Å². The van der Waals surface area contributed by atoms with Crippen molar-refractivity contribution < 1.29 is 34.0 Å². The van der Waals surface area contributed by atoms with E-state index in [-0.39, 0.29) is 34.6 Å². The lowest BCUT2D eigenvalue weighted by molar-refractivity contribution is -0.157. The number of aliphatic hydroxyl groups excluding tert-OH is 2. The molecule has 0 aliphatic heterocycles. The number of hydrogen-bond donors (Lipinski definition) is 3. The number of nitrogens with zero attached hydrogens (tertiary/aromatic N) is 4. The number of allylic oxidation sites excluding steroid dienone is 3. The molecular formula is C39H55N5O7. The summed E-state index contributed by atoms with van der Waals surface area (Å²) in [5.41, 5.74) is 1.13. The standard InChI is InChI=1S/C39H55N5O7/c1-8-34(45)49-17-11-16-43-32-20-38(4,5)19-28(29(32)22-40)35(46)37(48)51-26-14-12-25(13-15-26)50-36(47)31(24-42)27-18-39(6,7)21-33(30(27)23-41)44(9-2)10-3/h8,25-26,30,33,37,43,46,48H,1,9-21H2,2-7H3/b31-27+,35-28-/t25?,26?,30?,33?,37-/m0/s1. The first-order valence-electron chi connectivity index (χ1n) is 18.0. The van der Waals surface area contributed by atoms with Crippen LogP contribution in [-0.4, -0.2) is 77.8 Å². The minimum absolute atomic E-state index is 0.0847. The molecule has 3 aliphatic rings. The first kappa shape index (κ1) is 41.3. The van der Waals surface area contributed by atoms with E-state index in [9.17, 15) is 35.6 Å². The van der Waals surface area contributed by atoms with Crippen LogP contribution in [0.2, 0.25) is 0 Å². The second-order valence-electron chi connectivity index (χ2n) is 15.2. The molecule has 278 valence electrons. The molecule has 2 saturated carbocycles. The average Bonchev–Trinajstić information content (AvgIpc) is 3.08. The van der Waals surface area contributed by atoms with Crippen molar-refractivity contribution in [2.75, 3.05) is 26.2 Å². The minimum atomic E-state index is -1.66. The van der Waals surface area contributed by atoms with Gasteiger partial charge in [0.15, 0.2) is 5.76 Å². The van der Waals surface area contributed by atoms with Crippen LogP contribution in [-0.2, 0) is 23.8 Å². The van der Waals surface area contributed by atoms with Crippen molar-refractivity contribution in [3.05, 3.63) is 46.4 Å². The Balaban J connectivity index is 1.67. The summed E-state index contributed by atoms with van der Waals surface area (Å²) in [4.78, 5) is 26.9. The molecule has 51 heavy (non-hydrogen) atoms. The largest absolute Gasteiger partial charge is 0.507 e. The summed E-state index contributed by atoms with van der Waals surface area (Å²) in [6.07, 6.45) is 2.90. The SMILES string of the molecule is C=CC(=O)OCCCNC1=C(C#N)/C(=C(\O)[C@@H](O)OC2CCC(OC(=O)/C(C#N)=C3\CC(C)(C)CC(N(CC)CC)C3C#N)CC2)CC(C)(C)C1. The fourth-order valence-corrected chi connectivity index (χ4v) is 7.62. The molecule has 3 rings (SSSR count). The Morgan fingerprint density at radius 3 is 2.25 bits per heavy atom. The summed E-state index contributed by atoms with van der Waals surface area (Å²) in [6, 6.07) is 6.53. The molecule has 0 saturated heterocycles. The van der Waals surface area contributed by atoms with Crippen LogP contribution in [0.25, 0.3) is 0 Å². The zero-order chi connectivity index (χ0) is 37.9. The first-order valence-corrected chi connectivity index (χ1v) is 18.0. The van der Waals surface area contributed by atoms with Gasteiger partial charge in [-0.1, -0.05) is 48.1 Å². The molecule has 0 aromatic rings. The van der Waals surface area contributed by atoms with Crippen molar-refractivity contribution in [3.8, 4) is 18.2 Å². The van der Waals surface area contributed by atoms with Gasteiger partial charge in [-0.2, -0.15) is 15.8 Å². The van der Waals surface area contributed by atoms with E-state index in [1.165, 1.54) is 0 Å². The summed E-state index contributed by atoms with van der Waals surface area (Å²) in [7, 11) is 0. The molecule has 0 radical (unpaired) electrons. The Morgan fingerprint density at radius 2 is 1.69 bits per heavy atom. The molecule has 12 heteroatoms. The lowest BCUT2D eigenvalue weighted by Gasteiger charge is -2.44. The fraction of sp³-hybridized carbons (Fsp3) is 0.667. The number of ether oxygens (including phenoxy) is 3. The van der Waals surface area contributed by atoms with Gasteiger partial charge in [0.2, 0.25) is 6.29 Å². The van der Waals surface area contributed by atoms with Gasteiger partial charge >= 0.3 is 11.9 Å². The second-order valence-corrected chi connectivity index (χ2v) is 15.2. The normalized spacial score (nSPS) is 26.8. The third-order valence-electron chi connectivity index (χ3n) is 10.1. The Kier molecular flexibility index (Phi) is 14.9. The highest BCUT2D eigenvalue weighted by Crippen LogP contribution is 2.45. The van der Waals surface area contributed by atoms with Crippen LogP contribution in [0, 0.1) is 50.7 Å². The van der Waals surface area contributed by atoms with Crippen LogP contribution in [0.1, 0.15) is 99.3 Å². The maximum Gasteiger partial charge on any atom is 0.349 e. The van der Waals surface area contributed by atoms with Gasteiger partial charge in [0.25, 0.3) is 0 Å². The number of rotatable bonds is 14. The van der Waals surface area contributed by atoms with Crippen molar-refractivity contribution in [3.63, 3.8) is 0 Å². The Hall–Kier alpha value is -4.15. The van der Waals surface area contributed by atoms with Crippen molar-refractivity contribution in [1.29, 1.82) is 15.8 Å². The van der Waals surface area contributed by atoms with E-state index >= 15 is 0 Å². The van der Waals surface area contributed by atoms with Crippen LogP contribution in [0.3, 0.4) is 0 Å². The molecule has 3 aliphatic carbocycles. The first-order chi connectivity index (χ1) is 24.1. The molecule has 0 bridgehead atoms. The van der Waals surface area contributed by atoms with Crippen LogP contribution < -0.4 is 5.32 Å². The van der Waals surface area contributed by atoms with Crippen molar-refractivity contribution in [1.82, 2.24) is 10.2 Å². The van der Waals surface area contributed by atoms with Gasteiger partial charge in [0.1, 0.15) is 23.8 Å². The van der Waals surface area contributed by atoms with Crippen LogP contribution in [0.15, 0.2) is 46.4 Å². The maximum absolute atomic E-state index is 13.4. The zero-order valence-corrected chi connectivity index (χ0v) is 31.1. The highest BCUT2D eigenvalue weighted by Gasteiger charge is 2.43. The summed E-state index contributed by atoms with van der Waals surface area (Å²) in [5, 5.41) is 55.7. The monoisotopic (exact) mass is 705 g/mol. The van der Waals surface area contributed by atoms with Crippen LogP contribution in [0.4, 0.5) is 0 Å². The second kappa shape index (κ2) is 18.4. The number of nitriles is 3. The lowest BCUT2D eigenvalue weighted by Crippen LogP contribution is -2.47. The van der Waals surface area contributed by atoms with E-state index in [1.54, 1.807) is 0 Å². The molecule has 0 heterocycles. The van der Waals surface area contributed by atoms with Crippen LogP contribution in [0.5, 0.6) is 0 Å². The zero-order valence-electron chi connectivity index (χ0n) is 31.1. The van der Waals surface area contributed by atoms with E-state index in [0.717, 1.165) is 25.6 Å². The number of hydrogen-bond acceptors (Lipinski definition) is 12. The predicted octanol–water partition coefficient (Wildman–Crippen LogP) is 5.78. The van der Waals surface area contributed by atoms with E-state index in [2.05, 4.69) is 48.9 Å². The number of nitrogens with one attached hydrogen (secondary N) is 1. The van der Waals surface area contributed by atoms with E-state index in [0.29, 0.717) is 74.8 Å². The quantitative estimate of drug-likeness (QED) is 0.0494. The smallest absolute Gasteiger partial charge is 0.349 e. The third kappa shape index (κ3) is 10.9. The molecule has 3 atom stereocenters. The van der Waals surface area contributed by atoms with Crippen molar-refractivity contribution in [2.45, 2.75) is 124 Å². The summed E-state index contributed by atoms with van der Waals surface area (Å²) in [6.45, 7) is 17.8. The molecule has 12 nitrogen and oxygen atoms in total. The number of aliphatic hydroxyl groups is 2. The number of carbonyl (C=O) groups is 2. The lowest BCUT2D eigenvalue weighted by atomic mass is 9.66. The maximum atomic E-state index is 13.4. The molecular weight excluding hydrogens is 650 g/mol. The van der Waals surface area contributed by atoms with Crippen LogP contribution >= 0.6 is 0 Å². The van der Waals surface area contributed by atoms with Crippen molar-refractivity contribution >= 4 is 11.9 Å². The average molecular weight is 706 g/mol. The van der Waals surface area contributed by atoms with E-state index in [4.69, 9.17) is 14.2 Å². The fourth-order valence-electron chi connectivity index (χ4n) is 7.62. The van der Waals surface area contributed by atoms with Crippen molar-refractivity contribution in [2.24, 2.45) is 16.7 Å². The number of esters is 2. The van der Waals surface area contributed by atoms with E-state index in [1.807, 2.05) is 27.7 Å². The molecule has 0 spiro atoms. The topological polar surface area (TPSA) is 189 Å². The van der Waals surface area contributed by atoms with Gasteiger partial charge in [0, 0.05) is 29.9 Å². The summed E-state index contributed by atoms with van der Waals surface area (Å²) < 4.78 is 16.7. The molecule has 0 amide bonds. The van der Waals surface area contributed by atoms with Gasteiger partial charge in [-0.15, -0.1) is 0 Å². The summed E-state index contributed by atoms with van der Waals surface area (Å²) >= 11 is 0. The third-order valence-corrected chi connectivity index (χ3v) is 10.1. The molecule has 3 N–H and O–H groups in total. The van der Waals surface area contributed by atoms with Gasteiger partial charge in [0.05, 0.1) is 30.3 Å². The molecule has 2 fully saturated rings.